The molecule has 4 rings (SSSR count). The fraction of sp³-hybridized carbons (Fsp3) is 0.385. The number of hydrogen-bond acceptors (Lipinski definition) is 5. The van der Waals surface area contributed by atoms with Gasteiger partial charge in [-0.1, -0.05) is 78.5 Å². The topological polar surface area (TPSA) is 76.9 Å². The Morgan fingerprint density at radius 3 is 2.46 bits per heavy atom. The molecule has 0 saturated heterocycles. The third-order valence-electron chi connectivity index (χ3n) is 6.23. The van der Waals surface area contributed by atoms with E-state index in [1.807, 2.05) is 22.8 Å². The number of thioether (sulfide) groups is 1. The largest absolute Gasteiger partial charge is 0.356 e. The third-order valence-corrected chi connectivity index (χ3v) is 7.89. The molecule has 1 heterocycles. The summed E-state index contributed by atoms with van der Waals surface area (Å²) >= 11 is 13.7. The Hall–Kier alpha value is -2.35. The van der Waals surface area contributed by atoms with Crippen LogP contribution in [0.5, 0.6) is 0 Å². The Morgan fingerprint density at radius 1 is 1.03 bits per heavy atom. The van der Waals surface area contributed by atoms with Crippen LogP contribution in [0, 0.1) is 0 Å². The maximum absolute atomic E-state index is 12.9. The zero-order chi connectivity index (χ0) is 24.8. The van der Waals surface area contributed by atoms with Gasteiger partial charge in [-0.05, 0) is 42.5 Å². The van der Waals surface area contributed by atoms with Crippen LogP contribution in [0.15, 0.2) is 47.6 Å². The Labute approximate surface area is 219 Å². The molecule has 1 amide bonds. The first kappa shape index (κ1) is 25.7. The molecule has 1 N–H and O–H groups in total. The number of carbonyl (C=O) groups excluding carboxylic acids is 2. The average molecular weight is 532 g/mol. The van der Waals surface area contributed by atoms with Crippen LogP contribution < -0.4 is 5.32 Å². The molecular formula is C26H28Cl2N4O2S. The Morgan fingerprint density at radius 2 is 1.77 bits per heavy atom. The summed E-state index contributed by atoms with van der Waals surface area (Å²) in [5, 5.41) is 12.8. The van der Waals surface area contributed by atoms with Crippen molar-refractivity contribution >= 4 is 46.7 Å². The molecule has 9 heteroatoms. The number of benzene rings is 2. The number of nitrogens with zero attached hydrogens (tertiary/aromatic N) is 3. The van der Waals surface area contributed by atoms with E-state index in [4.69, 9.17) is 23.2 Å². The SMILES string of the molecule is CC(=O)NCCc1nnc(SCC(=O)c2ccc(C3CCCCC3)cc2)n1-c1ccc(Cl)c(Cl)c1. The predicted octanol–water partition coefficient (Wildman–Crippen LogP) is 6.28. The number of aromatic nitrogens is 3. The second-order valence-electron chi connectivity index (χ2n) is 8.73. The molecule has 0 aliphatic heterocycles. The lowest BCUT2D eigenvalue weighted by molar-refractivity contribution is -0.118. The predicted molar refractivity (Wildman–Crippen MR) is 141 cm³/mol. The van der Waals surface area contributed by atoms with Gasteiger partial charge >= 0.3 is 0 Å². The molecule has 0 unspecified atom stereocenters. The van der Waals surface area contributed by atoms with E-state index in [2.05, 4.69) is 27.6 Å². The van der Waals surface area contributed by atoms with Gasteiger partial charge in [-0.3, -0.25) is 14.2 Å². The van der Waals surface area contributed by atoms with Gasteiger partial charge in [0, 0.05) is 25.5 Å². The van der Waals surface area contributed by atoms with E-state index in [0.29, 0.717) is 45.5 Å². The molecule has 0 atom stereocenters. The van der Waals surface area contributed by atoms with Crippen molar-refractivity contribution in [1.29, 1.82) is 0 Å². The van der Waals surface area contributed by atoms with Crippen LogP contribution in [0.3, 0.4) is 0 Å². The highest BCUT2D eigenvalue weighted by molar-refractivity contribution is 7.99. The van der Waals surface area contributed by atoms with Crippen molar-refractivity contribution in [2.24, 2.45) is 0 Å². The summed E-state index contributed by atoms with van der Waals surface area (Å²) in [6.07, 6.45) is 6.84. The molecule has 1 aromatic heterocycles. The van der Waals surface area contributed by atoms with E-state index in [1.54, 1.807) is 12.1 Å². The summed E-state index contributed by atoms with van der Waals surface area (Å²) < 4.78 is 1.86. The monoisotopic (exact) mass is 530 g/mol. The number of rotatable bonds is 9. The van der Waals surface area contributed by atoms with E-state index in [0.717, 1.165) is 5.69 Å². The second kappa shape index (κ2) is 12.1. The van der Waals surface area contributed by atoms with Crippen molar-refractivity contribution in [2.75, 3.05) is 12.3 Å². The fourth-order valence-electron chi connectivity index (χ4n) is 4.38. The van der Waals surface area contributed by atoms with E-state index < -0.39 is 0 Å². The average Bonchev–Trinajstić information content (AvgIpc) is 3.27. The number of Topliss-reactive ketones (excluding diaryl/α,β-unsaturated/α-hetero) is 1. The van der Waals surface area contributed by atoms with Crippen LogP contribution >= 0.6 is 35.0 Å². The molecular weight excluding hydrogens is 503 g/mol. The van der Waals surface area contributed by atoms with Crippen LogP contribution in [0.4, 0.5) is 0 Å². The van der Waals surface area contributed by atoms with Crippen molar-refractivity contribution in [3.8, 4) is 5.69 Å². The van der Waals surface area contributed by atoms with Crippen LogP contribution in [-0.2, 0) is 11.2 Å². The van der Waals surface area contributed by atoms with Crippen LogP contribution in [0.1, 0.15) is 66.7 Å². The molecule has 1 saturated carbocycles. The molecule has 2 aromatic carbocycles. The van der Waals surface area contributed by atoms with Gasteiger partial charge in [0.05, 0.1) is 21.5 Å². The van der Waals surface area contributed by atoms with E-state index in [-0.39, 0.29) is 17.4 Å². The number of carbonyl (C=O) groups is 2. The molecule has 1 aliphatic carbocycles. The lowest BCUT2D eigenvalue weighted by Gasteiger charge is -2.22. The second-order valence-corrected chi connectivity index (χ2v) is 10.5. The standard InChI is InChI=1S/C26H28Cl2N4O2S/c1-17(33)29-14-13-25-30-31-26(32(25)21-11-12-22(27)23(28)15-21)35-16-24(34)20-9-7-19(8-10-20)18-5-3-2-4-6-18/h7-12,15,18H,2-6,13-14,16H2,1H3,(H,29,33). The van der Waals surface area contributed by atoms with Crippen LogP contribution in [0.25, 0.3) is 5.69 Å². The molecule has 0 bridgehead atoms. The van der Waals surface area contributed by atoms with E-state index in [1.165, 1.54) is 56.4 Å². The van der Waals surface area contributed by atoms with Crippen LogP contribution in [0.2, 0.25) is 10.0 Å². The van der Waals surface area contributed by atoms with Gasteiger partial charge in [-0.15, -0.1) is 10.2 Å². The Balaban J connectivity index is 1.48. The maximum atomic E-state index is 12.9. The number of ketones is 1. The third kappa shape index (κ3) is 6.66. The zero-order valence-corrected chi connectivity index (χ0v) is 21.9. The lowest BCUT2D eigenvalue weighted by Crippen LogP contribution is -2.23. The summed E-state index contributed by atoms with van der Waals surface area (Å²) in [5.41, 5.74) is 2.77. The Bertz CT molecular complexity index is 1190. The quantitative estimate of drug-likeness (QED) is 0.260. The first-order valence-corrected chi connectivity index (χ1v) is 13.6. The molecule has 0 radical (unpaired) electrons. The molecule has 6 nitrogen and oxygen atoms in total. The minimum atomic E-state index is -0.111. The number of amides is 1. The highest BCUT2D eigenvalue weighted by atomic mass is 35.5. The maximum Gasteiger partial charge on any atom is 0.216 e. The Kier molecular flexibility index (Phi) is 8.87. The number of nitrogens with one attached hydrogen (secondary N) is 1. The van der Waals surface area contributed by atoms with Gasteiger partial charge in [0.15, 0.2) is 10.9 Å². The molecule has 0 spiro atoms. The molecule has 1 fully saturated rings. The zero-order valence-electron chi connectivity index (χ0n) is 19.6. The first-order valence-electron chi connectivity index (χ1n) is 11.8. The number of hydrogen-bond donors (Lipinski definition) is 1. The smallest absolute Gasteiger partial charge is 0.216 e. The van der Waals surface area contributed by atoms with Crippen molar-refractivity contribution < 1.29 is 9.59 Å². The van der Waals surface area contributed by atoms with Gasteiger partial charge in [0.2, 0.25) is 5.91 Å². The van der Waals surface area contributed by atoms with Crippen LogP contribution in [-0.4, -0.2) is 38.8 Å². The summed E-state index contributed by atoms with van der Waals surface area (Å²) in [5.74, 6) is 1.43. The van der Waals surface area contributed by atoms with Crippen molar-refractivity contribution in [1.82, 2.24) is 20.1 Å². The van der Waals surface area contributed by atoms with E-state index >= 15 is 0 Å². The highest BCUT2D eigenvalue weighted by Crippen LogP contribution is 2.33. The van der Waals surface area contributed by atoms with E-state index in [9.17, 15) is 9.59 Å². The summed E-state index contributed by atoms with van der Waals surface area (Å²) in [6.45, 7) is 1.89. The van der Waals surface area contributed by atoms with Crippen molar-refractivity contribution in [2.45, 2.75) is 56.5 Å². The molecule has 1 aliphatic rings. The highest BCUT2D eigenvalue weighted by Gasteiger charge is 2.19. The normalized spacial score (nSPS) is 14.1. The summed E-state index contributed by atoms with van der Waals surface area (Å²) in [6, 6.07) is 13.4. The van der Waals surface area contributed by atoms with Crippen molar-refractivity contribution in [3.63, 3.8) is 0 Å². The minimum Gasteiger partial charge on any atom is -0.356 e. The fourth-order valence-corrected chi connectivity index (χ4v) is 5.54. The summed E-state index contributed by atoms with van der Waals surface area (Å²) in [7, 11) is 0. The molecule has 3 aromatic rings. The summed E-state index contributed by atoms with van der Waals surface area (Å²) in [4.78, 5) is 24.2. The van der Waals surface area contributed by atoms with Gasteiger partial charge in [-0.25, -0.2) is 0 Å². The lowest BCUT2D eigenvalue weighted by atomic mass is 9.84. The first-order chi connectivity index (χ1) is 16.9. The minimum absolute atomic E-state index is 0.0358. The number of halogens is 2. The van der Waals surface area contributed by atoms with Gasteiger partial charge < -0.3 is 5.32 Å². The van der Waals surface area contributed by atoms with Gasteiger partial charge in [0.25, 0.3) is 0 Å². The molecule has 35 heavy (non-hydrogen) atoms. The van der Waals surface area contributed by atoms with Crippen molar-refractivity contribution in [3.05, 3.63) is 69.5 Å². The van der Waals surface area contributed by atoms with Gasteiger partial charge in [-0.2, -0.15) is 0 Å². The molecule has 184 valence electrons. The van der Waals surface area contributed by atoms with Gasteiger partial charge in [0.1, 0.15) is 5.82 Å².